The number of rotatable bonds is 3. The zero-order valence-electron chi connectivity index (χ0n) is 11.8. The molecule has 0 spiro atoms. The summed E-state index contributed by atoms with van der Waals surface area (Å²) in [7, 11) is 1.41. The summed E-state index contributed by atoms with van der Waals surface area (Å²) in [6.07, 6.45) is 0. The molecule has 0 fully saturated rings. The van der Waals surface area contributed by atoms with Gasteiger partial charge in [0.05, 0.1) is 12.7 Å². The van der Waals surface area contributed by atoms with Crippen LogP contribution in [0.15, 0.2) is 54.6 Å². The predicted octanol–water partition coefficient (Wildman–Crippen LogP) is 4.35. The highest BCUT2D eigenvalue weighted by Crippen LogP contribution is 2.34. The molecule has 0 atom stereocenters. The van der Waals surface area contributed by atoms with Crippen LogP contribution in [0.2, 0.25) is 0 Å². The first kappa shape index (κ1) is 14.1. The number of hydrogen-bond acceptors (Lipinski definition) is 2. The molecule has 0 aliphatic rings. The molecule has 0 aromatic heterocycles. The van der Waals surface area contributed by atoms with Gasteiger partial charge >= 0.3 is 5.97 Å². The van der Waals surface area contributed by atoms with Crippen molar-refractivity contribution in [2.45, 2.75) is 0 Å². The van der Waals surface area contributed by atoms with E-state index in [0.29, 0.717) is 16.5 Å². The number of hydrogen-bond donors (Lipinski definition) is 1. The number of ether oxygens (including phenoxy) is 1. The molecule has 0 aliphatic heterocycles. The number of carbonyl (C=O) groups is 1. The van der Waals surface area contributed by atoms with E-state index in [4.69, 9.17) is 9.84 Å². The summed E-state index contributed by atoms with van der Waals surface area (Å²) in [5.74, 6) is -1.31. The van der Waals surface area contributed by atoms with Gasteiger partial charge < -0.3 is 9.84 Å². The van der Waals surface area contributed by atoms with Gasteiger partial charge in [-0.15, -0.1) is 0 Å². The van der Waals surface area contributed by atoms with Gasteiger partial charge in [0.1, 0.15) is 0 Å². The minimum absolute atomic E-state index is 0.156. The van der Waals surface area contributed by atoms with Crippen molar-refractivity contribution in [3.63, 3.8) is 0 Å². The molecule has 3 aromatic carbocycles. The lowest BCUT2D eigenvalue weighted by Crippen LogP contribution is -1.96. The van der Waals surface area contributed by atoms with E-state index >= 15 is 0 Å². The molecule has 0 saturated carbocycles. The fraction of sp³-hybridized carbons (Fsp3) is 0.0556. The van der Waals surface area contributed by atoms with E-state index in [9.17, 15) is 9.18 Å². The largest absolute Gasteiger partial charge is 0.494 e. The fourth-order valence-electron chi connectivity index (χ4n) is 2.52. The number of aromatic carboxylic acids is 1. The number of carboxylic acids is 1. The van der Waals surface area contributed by atoms with Crippen molar-refractivity contribution in [2.24, 2.45) is 0 Å². The van der Waals surface area contributed by atoms with E-state index in [1.807, 2.05) is 12.1 Å². The number of fused-ring (bicyclic) bond motifs is 1. The first-order valence-electron chi connectivity index (χ1n) is 6.71. The average molecular weight is 296 g/mol. The Morgan fingerprint density at radius 3 is 2.50 bits per heavy atom. The van der Waals surface area contributed by atoms with Crippen LogP contribution in [0.4, 0.5) is 4.39 Å². The maximum Gasteiger partial charge on any atom is 0.335 e. The van der Waals surface area contributed by atoms with E-state index in [1.54, 1.807) is 36.4 Å². The van der Waals surface area contributed by atoms with Crippen LogP contribution in [-0.4, -0.2) is 18.2 Å². The molecule has 3 aromatic rings. The second-order valence-corrected chi connectivity index (χ2v) is 4.87. The lowest BCUT2D eigenvalue weighted by Gasteiger charge is -2.11. The minimum atomic E-state index is -1.01. The van der Waals surface area contributed by atoms with Gasteiger partial charge in [-0.05, 0) is 34.5 Å². The van der Waals surface area contributed by atoms with E-state index in [0.717, 1.165) is 5.39 Å². The van der Waals surface area contributed by atoms with Crippen LogP contribution in [0.5, 0.6) is 5.75 Å². The van der Waals surface area contributed by atoms with Gasteiger partial charge in [0, 0.05) is 5.56 Å². The standard InChI is InChI=1S/C18H13FO3/c1-22-16-7-3-6-14(17(16)19)13-5-2-4-11-8-9-12(18(20)21)10-15(11)13/h2-10H,1H3,(H,20,21). The molecule has 0 heterocycles. The highest BCUT2D eigenvalue weighted by atomic mass is 19.1. The third-order valence-corrected chi connectivity index (χ3v) is 3.60. The summed E-state index contributed by atoms with van der Waals surface area (Å²) >= 11 is 0. The first-order chi connectivity index (χ1) is 10.6. The van der Waals surface area contributed by atoms with E-state index in [2.05, 4.69) is 0 Å². The normalized spacial score (nSPS) is 10.6. The van der Waals surface area contributed by atoms with Crippen LogP contribution in [0.3, 0.4) is 0 Å². The van der Waals surface area contributed by atoms with E-state index in [1.165, 1.54) is 13.2 Å². The molecule has 4 heteroatoms. The number of halogens is 1. The number of benzene rings is 3. The first-order valence-corrected chi connectivity index (χ1v) is 6.71. The van der Waals surface area contributed by atoms with Crippen LogP contribution < -0.4 is 4.74 Å². The Labute approximate surface area is 126 Å². The summed E-state index contributed by atoms with van der Waals surface area (Å²) in [5, 5.41) is 10.7. The Morgan fingerprint density at radius 1 is 1.05 bits per heavy atom. The highest BCUT2D eigenvalue weighted by molar-refractivity contribution is 6.01. The quantitative estimate of drug-likeness (QED) is 0.781. The summed E-state index contributed by atoms with van der Waals surface area (Å²) in [5.41, 5.74) is 1.19. The van der Waals surface area contributed by atoms with Gasteiger partial charge in [-0.2, -0.15) is 0 Å². The smallest absolute Gasteiger partial charge is 0.335 e. The lowest BCUT2D eigenvalue weighted by molar-refractivity contribution is 0.0697. The maximum absolute atomic E-state index is 14.5. The Kier molecular flexibility index (Phi) is 3.51. The van der Waals surface area contributed by atoms with Crippen molar-refractivity contribution in [3.05, 3.63) is 66.0 Å². The molecule has 0 aliphatic carbocycles. The highest BCUT2D eigenvalue weighted by Gasteiger charge is 2.14. The topological polar surface area (TPSA) is 46.5 Å². The monoisotopic (exact) mass is 296 g/mol. The SMILES string of the molecule is COc1cccc(-c2cccc3ccc(C(=O)O)cc23)c1F. The molecule has 0 unspecified atom stereocenters. The average Bonchev–Trinajstić information content (AvgIpc) is 2.54. The molecule has 0 amide bonds. The second-order valence-electron chi connectivity index (χ2n) is 4.87. The van der Waals surface area contributed by atoms with Gasteiger partial charge in [0.15, 0.2) is 11.6 Å². The molecule has 0 radical (unpaired) electrons. The van der Waals surface area contributed by atoms with E-state index < -0.39 is 11.8 Å². The molecular weight excluding hydrogens is 283 g/mol. The van der Waals surface area contributed by atoms with E-state index in [-0.39, 0.29) is 11.3 Å². The van der Waals surface area contributed by atoms with Crippen LogP contribution in [0.1, 0.15) is 10.4 Å². The van der Waals surface area contributed by atoms with Crippen molar-refractivity contribution >= 4 is 16.7 Å². The second kappa shape index (κ2) is 5.48. The zero-order chi connectivity index (χ0) is 15.7. The van der Waals surface area contributed by atoms with Crippen molar-refractivity contribution in [1.82, 2.24) is 0 Å². The Morgan fingerprint density at radius 2 is 1.77 bits per heavy atom. The lowest BCUT2D eigenvalue weighted by atomic mass is 9.96. The Hall–Kier alpha value is -2.88. The molecule has 110 valence electrons. The van der Waals surface area contributed by atoms with Gasteiger partial charge in [0.25, 0.3) is 0 Å². The van der Waals surface area contributed by atoms with Gasteiger partial charge in [-0.1, -0.05) is 36.4 Å². The molecule has 3 nitrogen and oxygen atoms in total. The van der Waals surface area contributed by atoms with Crippen LogP contribution >= 0.6 is 0 Å². The Bertz CT molecular complexity index is 871. The number of methoxy groups -OCH3 is 1. The van der Waals surface area contributed by atoms with Crippen molar-refractivity contribution in [1.29, 1.82) is 0 Å². The molecular formula is C18H13FO3. The summed E-state index contributed by atoms with van der Waals surface area (Å²) in [6.45, 7) is 0. The molecule has 3 rings (SSSR count). The van der Waals surface area contributed by atoms with Gasteiger partial charge in [0.2, 0.25) is 0 Å². The zero-order valence-corrected chi connectivity index (χ0v) is 11.8. The van der Waals surface area contributed by atoms with Crippen molar-refractivity contribution < 1.29 is 19.0 Å². The third-order valence-electron chi connectivity index (χ3n) is 3.60. The maximum atomic E-state index is 14.5. The summed E-state index contributed by atoms with van der Waals surface area (Å²) < 4.78 is 19.5. The van der Waals surface area contributed by atoms with Gasteiger partial charge in [-0.3, -0.25) is 0 Å². The number of carboxylic acid groups (broad SMARTS) is 1. The van der Waals surface area contributed by atoms with Crippen LogP contribution in [-0.2, 0) is 0 Å². The minimum Gasteiger partial charge on any atom is -0.494 e. The predicted molar refractivity (Wildman–Crippen MR) is 82.9 cm³/mol. The molecule has 0 saturated heterocycles. The van der Waals surface area contributed by atoms with Crippen molar-refractivity contribution in [2.75, 3.05) is 7.11 Å². The Balaban J connectivity index is 2.31. The summed E-state index contributed by atoms with van der Waals surface area (Å²) in [6, 6.07) is 15.2. The van der Waals surface area contributed by atoms with Crippen LogP contribution in [0.25, 0.3) is 21.9 Å². The third kappa shape index (κ3) is 2.29. The van der Waals surface area contributed by atoms with Crippen LogP contribution in [0, 0.1) is 5.82 Å². The van der Waals surface area contributed by atoms with Crippen molar-refractivity contribution in [3.8, 4) is 16.9 Å². The molecule has 0 bridgehead atoms. The van der Waals surface area contributed by atoms with Gasteiger partial charge in [-0.25, -0.2) is 9.18 Å². The molecule has 1 N–H and O–H groups in total. The molecule has 22 heavy (non-hydrogen) atoms. The summed E-state index contributed by atoms with van der Waals surface area (Å²) in [4.78, 5) is 11.2. The fourth-order valence-corrected chi connectivity index (χ4v) is 2.52.